The second-order valence-corrected chi connectivity index (χ2v) is 7.18. The summed E-state index contributed by atoms with van der Waals surface area (Å²) < 4.78 is 0. The maximum atomic E-state index is 8.96. The van der Waals surface area contributed by atoms with Gasteiger partial charge in [0.05, 0.1) is 11.6 Å². The second kappa shape index (κ2) is 5.68. The Morgan fingerprint density at radius 1 is 1.20 bits per heavy atom. The van der Waals surface area contributed by atoms with Crippen molar-refractivity contribution in [3.8, 4) is 6.07 Å². The Morgan fingerprint density at radius 2 is 1.95 bits per heavy atom. The predicted molar refractivity (Wildman–Crippen MR) is 86.2 cm³/mol. The molecule has 1 N–H and O–H groups in total. The summed E-state index contributed by atoms with van der Waals surface area (Å²) in [6, 6.07) is 12.3. The largest absolute Gasteiger partial charge is 0.380 e. The van der Waals surface area contributed by atoms with Crippen LogP contribution in [0.15, 0.2) is 30.3 Å². The van der Waals surface area contributed by atoms with Crippen LogP contribution in [0.5, 0.6) is 0 Å². The number of nitriles is 1. The Labute approximate surface area is 125 Å². The van der Waals surface area contributed by atoms with Crippen molar-refractivity contribution in [2.45, 2.75) is 39.7 Å². The topological polar surface area (TPSA) is 35.8 Å². The maximum absolute atomic E-state index is 8.96. The summed E-state index contributed by atoms with van der Waals surface area (Å²) in [6.45, 7) is 9.55. The maximum Gasteiger partial charge on any atom is 0.0992 e. The summed E-state index contributed by atoms with van der Waals surface area (Å²) in [5.41, 5.74) is 3.10. The molecule has 0 atom stereocenters. The van der Waals surface area contributed by atoms with E-state index in [1.54, 1.807) is 0 Å². The van der Waals surface area contributed by atoms with E-state index in [-0.39, 0.29) is 5.41 Å². The molecule has 0 amide bonds. The van der Waals surface area contributed by atoms with Crippen molar-refractivity contribution in [3.63, 3.8) is 0 Å². The third-order valence-corrected chi connectivity index (χ3v) is 4.73. The Bertz CT molecular complexity index is 642. The van der Waals surface area contributed by atoms with Gasteiger partial charge in [-0.25, -0.2) is 0 Å². The number of rotatable bonds is 3. The zero-order chi connectivity index (χ0) is 14.8. The van der Waals surface area contributed by atoms with Crippen LogP contribution in [0.1, 0.15) is 41.7 Å². The minimum atomic E-state index is 0.208. The number of thiophene rings is 1. The van der Waals surface area contributed by atoms with Gasteiger partial charge in [0, 0.05) is 22.0 Å². The molecule has 0 bridgehead atoms. The first-order chi connectivity index (χ1) is 9.40. The van der Waals surface area contributed by atoms with Gasteiger partial charge in [0.15, 0.2) is 0 Å². The summed E-state index contributed by atoms with van der Waals surface area (Å²) in [7, 11) is 0. The van der Waals surface area contributed by atoms with Crippen LogP contribution in [0.4, 0.5) is 5.69 Å². The van der Waals surface area contributed by atoms with E-state index in [4.69, 9.17) is 5.26 Å². The van der Waals surface area contributed by atoms with E-state index >= 15 is 0 Å². The fraction of sp³-hybridized carbons (Fsp3) is 0.353. The number of nitrogens with zero attached hydrogens (tertiary/aromatic N) is 1. The highest BCUT2D eigenvalue weighted by molar-refractivity contribution is 7.12. The molecule has 20 heavy (non-hydrogen) atoms. The molecule has 1 heterocycles. The molecule has 0 saturated heterocycles. The summed E-state index contributed by atoms with van der Waals surface area (Å²) in [5, 5.41) is 12.4. The van der Waals surface area contributed by atoms with Crippen molar-refractivity contribution in [2.24, 2.45) is 0 Å². The molecule has 1 aromatic carbocycles. The predicted octanol–water partition coefficient (Wildman–Crippen LogP) is 4.84. The first kappa shape index (κ1) is 14.6. The fourth-order valence-corrected chi connectivity index (χ4v) is 2.95. The van der Waals surface area contributed by atoms with Crippen LogP contribution in [-0.2, 0) is 12.0 Å². The van der Waals surface area contributed by atoms with Gasteiger partial charge in [-0.3, -0.25) is 0 Å². The number of hydrogen-bond acceptors (Lipinski definition) is 3. The SMILES string of the molecule is Cc1ccc(C#N)cc1NCc1ccc(C(C)(C)C)s1. The molecule has 2 rings (SSSR count). The van der Waals surface area contributed by atoms with Gasteiger partial charge in [-0.1, -0.05) is 26.8 Å². The molecule has 0 spiro atoms. The molecule has 0 saturated carbocycles. The lowest BCUT2D eigenvalue weighted by molar-refractivity contribution is 0.604. The Hall–Kier alpha value is -1.79. The molecule has 0 aliphatic rings. The second-order valence-electron chi connectivity index (χ2n) is 6.01. The molecule has 0 aliphatic heterocycles. The van der Waals surface area contributed by atoms with Crippen molar-refractivity contribution < 1.29 is 0 Å². The minimum Gasteiger partial charge on any atom is -0.380 e. The zero-order valence-electron chi connectivity index (χ0n) is 12.4. The monoisotopic (exact) mass is 284 g/mol. The fourth-order valence-electron chi connectivity index (χ4n) is 1.94. The van der Waals surface area contributed by atoms with E-state index in [0.29, 0.717) is 5.56 Å². The number of anilines is 1. The first-order valence-electron chi connectivity index (χ1n) is 6.74. The summed E-state index contributed by atoms with van der Waals surface area (Å²) in [6.07, 6.45) is 0. The van der Waals surface area contributed by atoms with Crippen LogP contribution in [0, 0.1) is 18.3 Å². The van der Waals surface area contributed by atoms with Gasteiger partial charge in [0.25, 0.3) is 0 Å². The van der Waals surface area contributed by atoms with Crippen molar-refractivity contribution >= 4 is 17.0 Å². The quantitative estimate of drug-likeness (QED) is 0.875. The van der Waals surface area contributed by atoms with Crippen LogP contribution < -0.4 is 5.32 Å². The van der Waals surface area contributed by atoms with Gasteiger partial charge in [-0.05, 0) is 42.2 Å². The molecular formula is C17H20N2S. The normalized spacial score (nSPS) is 11.2. The lowest BCUT2D eigenvalue weighted by atomic mass is 9.95. The van der Waals surface area contributed by atoms with Crippen LogP contribution in [0.3, 0.4) is 0 Å². The van der Waals surface area contributed by atoms with Gasteiger partial charge in [-0.15, -0.1) is 11.3 Å². The van der Waals surface area contributed by atoms with E-state index in [0.717, 1.165) is 17.8 Å². The molecule has 104 valence electrons. The number of aryl methyl sites for hydroxylation is 1. The molecular weight excluding hydrogens is 264 g/mol. The minimum absolute atomic E-state index is 0.208. The highest BCUT2D eigenvalue weighted by Crippen LogP contribution is 2.30. The smallest absolute Gasteiger partial charge is 0.0992 e. The highest BCUT2D eigenvalue weighted by Gasteiger charge is 2.15. The average molecular weight is 284 g/mol. The van der Waals surface area contributed by atoms with E-state index in [1.165, 1.54) is 9.75 Å². The van der Waals surface area contributed by atoms with E-state index in [9.17, 15) is 0 Å². The third kappa shape index (κ3) is 3.40. The Morgan fingerprint density at radius 3 is 2.55 bits per heavy atom. The van der Waals surface area contributed by atoms with Crippen molar-refractivity contribution in [3.05, 3.63) is 51.2 Å². The molecule has 2 aromatic rings. The Kier molecular flexibility index (Phi) is 4.15. The van der Waals surface area contributed by atoms with Crippen LogP contribution in [0.25, 0.3) is 0 Å². The van der Waals surface area contributed by atoms with Crippen LogP contribution in [-0.4, -0.2) is 0 Å². The third-order valence-electron chi connectivity index (χ3n) is 3.22. The highest BCUT2D eigenvalue weighted by atomic mass is 32.1. The van der Waals surface area contributed by atoms with Crippen molar-refractivity contribution in [2.75, 3.05) is 5.32 Å². The van der Waals surface area contributed by atoms with Crippen molar-refractivity contribution in [1.29, 1.82) is 5.26 Å². The molecule has 0 unspecified atom stereocenters. The average Bonchev–Trinajstić information content (AvgIpc) is 2.86. The lowest BCUT2D eigenvalue weighted by Gasteiger charge is -2.15. The number of hydrogen-bond donors (Lipinski definition) is 1. The molecule has 0 aliphatic carbocycles. The van der Waals surface area contributed by atoms with Gasteiger partial charge in [-0.2, -0.15) is 5.26 Å². The molecule has 2 nitrogen and oxygen atoms in total. The lowest BCUT2D eigenvalue weighted by Crippen LogP contribution is -2.07. The van der Waals surface area contributed by atoms with Crippen molar-refractivity contribution in [1.82, 2.24) is 0 Å². The first-order valence-corrected chi connectivity index (χ1v) is 7.55. The van der Waals surface area contributed by atoms with E-state index in [1.807, 2.05) is 29.5 Å². The van der Waals surface area contributed by atoms with Gasteiger partial charge >= 0.3 is 0 Å². The Balaban J connectivity index is 2.09. The van der Waals surface area contributed by atoms with Gasteiger partial charge in [0.2, 0.25) is 0 Å². The zero-order valence-corrected chi connectivity index (χ0v) is 13.3. The van der Waals surface area contributed by atoms with E-state index < -0.39 is 0 Å². The van der Waals surface area contributed by atoms with Crippen LogP contribution >= 0.6 is 11.3 Å². The van der Waals surface area contributed by atoms with Crippen LogP contribution in [0.2, 0.25) is 0 Å². The number of nitrogens with one attached hydrogen (secondary N) is 1. The number of benzene rings is 1. The van der Waals surface area contributed by atoms with E-state index in [2.05, 4.69) is 51.2 Å². The molecule has 1 aromatic heterocycles. The molecule has 0 fully saturated rings. The standard InChI is InChI=1S/C17H20N2S/c1-12-5-6-13(10-18)9-15(12)19-11-14-7-8-16(20-14)17(2,3)4/h5-9,19H,11H2,1-4H3. The van der Waals surface area contributed by atoms with Gasteiger partial charge < -0.3 is 5.32 Å². The summed E-state index contributed by atoms with van der Waals surface area (Å²) in [4.78, 5) is 2.72. The molecule has 3 heteroatoms. The summed E-state index contributed by atoms with van der Waals surface area (Å²) >= 11 is 1.85. The summed E-state index contributed by atoms with van der Waals surface area (Å²) in [5.74, 6) is 0. The molecule has 0 radical (unpaired) electrons. The van der Waals surface area contributed by atoms with Gasteiger partial charge in [0.1, 0.15) is 0 Å².